The number of esters is 1. The van der Waals surface area contributed by atoms with E-state index in [2.05, 4.69) is 4.74 Å². The smallest absolute Gasteiger partial charge is 0.323 e. The van der Waals surface area contributed by atoms with Crippen LogP contribution in [0.15, 0.2) is 0 Å². The number of ether oxygens (including phenoxy) is 1. The summed E-state index contributed by atoms with van der Waals surface area (Å²) in [5, 5.41) is 19.2. The van der Waals surface area contributed by atoms with Crippen LogP contribution in [0.1, 0.15) is 40.0 Å². The molecule has 0 bridgehead atoms. The summed E-state index contributed by atoms with van der Waals surface area (Å²) in [6, 6.07) is 0. The molecule has 0 saturated carbocycles. The average Bonchev–Trinajstić information content (AvgIpc) is 2.27. The minimum atomic E-state index is -1.70. The summed E-state index contributed by atoms with van der Waals surface area (Å²) >= 11 is 0. The van der Waals surface area contributed by atoms with Gasteiger partial charge in [0.2, 0.25) is 0 Å². The molecule has 0 aliphatic carbocycles. The van der Waals surface area contributed by atoms with E-state index in [9.17, 15) is 14.7 Å². The van der Waals surface area contributed by atoms with Crippen molar-refractivity contribution in [2.75, 3.05) is 7.11 Å². The number of rotatable bonds is 6. The zero-order valence-electron chi connectivity index (χ0n) is 10.2. The van der Waals surface area contributed by atoms with Crippen molar-refractivity contribution in [2.45, 2.75) is 45.6 Å². The monoisotopic (exact) mass is 232 g/mol. The molecular weight excluding hydrogens is 212 g/mol. The van der Waals surface area contributed by atoms with Crippen molar-refractivity contribution in [3.05, 3.63) is 0 Å². The van der Waals surface area contributed by atoms with Crippen molar-refractivity contribution in [3.63, 3.8) is 0 Å². The van der Waals surface area contributed by atoms with Crippen LogP contribution in [0.5, 0.6) is 0 Å². The molecule has 0 spiro atoms. The molecular formula is C11H20O5. The van der Waals surface area contributed by atoms with E-state index in [0.29, 0.717) is 12.8 Å². The van der Waals surface area contributed by atoms with Crippen molar-refractivity contribution in [1.29, 1.82) is 0 Å². The molecule has 5 nitrogen and oxygen atoms in total. The molecule has 94 valence electrons. The average molecular weight is 232 g/mol. The second-order valence-electron chi connectivity index (χ2n) is 4.24. The van der Waals surface area contributed by atoms with Crippen molar-refractivity contribution in [2.24, 2.45) is 5.41 Å². The number of aliphatic hydroxyl groups is 1. The molecule has 0 rings (SSSR count). The summed E-state index contributed by atoms with van der Waals surface area (Å²) in [6.45, 7) is 4.78. The molecule has 0 aromatic heterocycles. The van der Waals surface area contributed by atoms with Crippen LogP contribution in [0.4, 0.5) is 0 Å². The van der Waals surface area contributed by atoms with Crippen LogP contribution in [0, 0.1) is 5.41 Å². The third-order valence-electron chi connectivity index (χ3n) is 3.11. The van der Waals surface area contributed by atoms with Gasteiger partial charge in [-0.05, 0) is 19.8 Å². The van der Waals surface area contributed by atoms with Crippen molar-refractivity contribution < 1.29 is 24.5 Å². The highest BCUT2D eigenvalue weighted by molar-refractivity contribution is 5.98. The zero-order valence-corrected chi connectivity index (χ0v) is 10.2. The third-order valence-corrected chi connectivity index (χ3v) is 3.11. The van der Waals surface area contributed by atoms with E-state index in [0.717, 1.165) is 7.11 Å². The summed E-state index contributed by atoms with van der Waals surface area (Å²) in [5.41, 5.74) is -2.85. The molecule has 0 heterocycles. The largest absolute Gasteiger partial charge is 0.480 e. The van der Waals surface area contributed by atoms with E-state index in [1.807, 2.05) is 0 Å². The van der Waals surface area contributed by atoms with E-state index >= 15 is 0 Å². The zero-order chi connectivity index (χ0) is 13.0. The number of hydrogen-bond acceptors (Lipinski definition) is 4. The standard InChI is InChI=1S/C11H20O5/c1-5-11(15,6-2)7-10(3,8(12)13)9(14)16-4/h15H,5-7H2,1-4H3,(H,12,13). The minimum Gasteiger partial charge on any atom is -0.480 e. The van der Waals surface area contributed by atoms with E-state index in [1.54, 1.807) is 13.8 Å². The third kappa shape index (κ3) is 2.95. The Morgan fingerprint density at radius 1 is 1.25 bits per heavy atom. The van der Waals surface area contributed by atoms with Crippen LogP contribution in [-0.4, -0.2) is 34.9 Å². The summed E-state index contributed by atoms with van der Waals surface area (Å²) in [6.07, 6.45) is 0.641. The fourth-order valence-corrected chi connectivity index (χ4v) is 1.62. The van der Waals surface area contributed by atoms with Gasteiger partial charge in [0.1, 0.15) is 0 Å². The van der Waals surface area contributed by atoms with Gasteiger partial charge in [-0.1, -0.05) is 13.8 Å². The van der Waals surface area contributed by atoms with Gasteiger partial charge < -0.3 is 14.9 Å². The number of carbonyl (C=O) groups excluding carboxylic acids is 1. The van der Waals surface area contributed by atoms with Gasteiger partial charge in [0.15, 0.2) is 5.41 Å². The van der Waals surface area contributed by atoms with E-state index in [-0.39, 0.29) is 6.42 Å². The SMILES string of the molecule is CCC(O)(CC)CC(C)(C(=O)O)C(=O)OC. The van der Waals surface area contributed by atoms with Gasteiger partial charge in [0, 0.05) is 6.42 Å². The number of hydrogen-bond donors (Lipinski definition) is 2. The van der Waals surface area contributed by atoms with Crippen molar-refractivity contribution in [3.8, 4) is 0 Å². The molecule has 0 aliphatic heterocycles. The lowest BCUT2D eigenvalue weighted by Gasteiger charge is -2.32. The molecule has 1 atom stereocenters. The number of aliphatic carboxylic acids is 1. The second-order valence-corrected chi connectivity index (χ2v) is 4.24. The highest BCUT2D eigenvalue weighted by Gasteiger charge is 2.47. The molecule has 0 saturated heterocycles. The lowest BCUT2D eigenvalue weighted by Crippen LogP contribution is -2.45. The Morgan fingerprint density at radius 2 is 1.69 bits per heavy atom. The maximum Gasteiger partial charge on any atom is 0.323 e. The highest BCUT2D eigenvalue weighted by Crippen LogP contribution is 2.34. The molecule has 16 heavy (non-hydrogen) atoms. The first-order valence-electron chi connectivity index (χ1n) is 5.30. The number of carboxylic acids is 1. The number of methoxy groups -OCH3 is 1. The Labute approximate surface area is 95.4 Å². The first-order chi connectivity index (χ1) is 7.25. The Hall–Kier alpha value is -1.10. The van der Waals surface area contributed by atoms with Gasteiger partial charge in [-0.25, -0.2) is 0 Å². The van der Waals surface area contributed by atoms with Crippen LogP contribution in [-0.2, 0) is 14.3 Å². The fraction of sp³-hybridized carbons (Fsp3) is 0.818. The van der Waals surface area contributed by atoms with Crippen LogP contribution in [0.3, 0.4) is 0 Å². The van der Waals surface area contributed by atoms with E-state index in [1.165, 1.54) is 6.92 Å². The quantitative estimate of drug-likeness (QED) is 0.531. The predicted octanol–water partition coefficient (Wildman–Crippen LogP) is 1.19. The fourth-order valence-electron chi connectivity index (χ4n) is 1.62. The number of carbonyl (C=O) groups is 2. The van der Waals surface area contributed by atoms with Crippen LogP contribution < -0.4 is 0 Å². The molecule has 5 heteroatoms. The van der Waals surface area contributed by atoms with Gasteiger partial charge in [0.05, 0.1) is 12.7 Å². The van der Waals surface area contributed by atoms with Crippen molar-refractivity contribution >= 4 is 11.9 Å². The Morgan fingerprint density at radius 3 is 1.94 bits per heavy atom. The molecule has 2 N–H and O–H groups in total. The predicted molar refractivity (Wildman–Crippen MR) is 57.9 cm³/mol. The van der Waals surface area contributed by atoms with Gasteiger partial charge in [0.25, 0.3) is 0 Å². The van der Waals surface area contributed by atoms with Crippen LogP contribution in [0.25, 0.3) is 0 Å². The molecule has 0 radical (unpaired) electrons. The summed E-state index contributed by atoms with van der Waals surface area (Å²) in [7, 11) is 1.14. The summed E-state index contributed by atoms with van der Waals surface area (Å²) in [5.74, 6) is -2.11. The summed E-state index contributed by atoms with van der Waals surface area (Å²) in [4.78, 5) is 22.6. The van der Waals surface area contributed by atoms with Gasteiger partial charge in [-0.3, -0.25) is 9.59 Å². The Bertz CT molecular complexity index is 270. The second kappa shape index (κ2) is 5.30. The van der Waals surface area contributed by atoms with Gasteiger partial charge >= 0.3 is 11.9 Å². The molecule has 0 fully saturated rings. The van der Waals surface area contributed by atoms with Crippen molar-refractivity contribution in [1.82, 2.24) is 0 Å². The molecule has 0 amide bonds. The first-order valence-corrected chi connectivity index (χ1v) is 5.30. The maximum absolute atomic E-state index is 11.5. The maximum atomic E-state index is 11.5. The lowest BCUT2D eigenvalue weighted by molar-refractivity contribution is -0.171. The summed E-state index contributed by atoms with van der Waals surface area (Å²) < 4.78 is 4.48. The van der Waals surface area contributed by atoms with Crippen LogP contribution in [0.2, 0.25) is 0 Å². The topological polar surface area (TPSA) is 83.8 Å². The highest BCUT2D eigenvalue weighted by atomic mass is 16.5. The normalized spacial score (nSPS) is 15.3. The number of carboxylic acid groups (broad SMARTS) is 1. The first kappa shape index (κ1) is 14.9. The lowest BCUT2D eigenvalue weighted by atomic mass is 9.76. The Kier molecular flexibility index (Phi) is 4.93. The van der Waals surface area contributed by atoms with Gasteiger partial charge in [-0.15, -0.1) is 0 Å². The van der Waals surface area contributed by atoms with Gasteiger partial charge in [-0.2, -0.15) is 0 Å². The molecule has 0 aliphatic rings. The van der Waals surface area contributed by atoms with Crippen LogP contribution >= 0.6 is 0 Å². The molecule has 0 aromatic carbocycles. The molecule has 0 aromatic rings. The minimum absolute atomic E-state index is 0.144. The molecule has 1 unspecified atom stereocenters. The van der Waals surface area contributed by atoms with E-state index in [4.69, 9.17) is 5.11 Å². The Balaban J connectivity index is 5.10. The van der Waals surface area contributed by atoms with E-state index < -0.39 is 23.0 Å².